The Morgan fingerprint density at radius 2 is 1.96 bits per heavy atom. The molecule has 0 aromatic heterocycles. The van der Waals surface area contributed by atoms with Crippen LogP contribution in [0.3, 0.4) is 0 Å². The highest BCUT2D eigenvalue weighted by Gasteiger charge is 2.62. The molecule has 1 aromatic carbocycles. The number of nitrogens with one attached hydrogen (secondary N) is 1. The van der Waals surface area contributed by atoms with Gasteiger partial charge >= 0.3 is 0 Å². The lowest BCUT2D eigenvalue weighted by Crippen LogP contribution is -2.75. The van der Waals surface area contributed by atoms with Crippen molar-refractivity contribution in [3.05, 3.63) is 35.4 Å². The number of ether oxygens (including phenoxy) is 1. The van der Waals surface area contributed by atoms with Gasteiger partial charge in [0.05, 0.1) is 6.10 Å². The predicted molar refractivity (Wildman–Crippen MR) is 83.8 cm³/mol. The summed E-state index contributed by atoms with van der Waals surface area (Å²) in [6.45, 7) is 6.59. The van der Waals surface area contributed by atoms with Gasteiger partial charge < -0.3 is 15.8 Å². The van der Waals surface area contributed by atoms with Gasteiger partial charge in [-0.2, -0.15) is 0 Å². The molecule has 3 N–H and O–H groups in total. The minimum atomic E-state index is -0.986. The third-order valence-corrected chi connectivity index (χ3v) is 4.86. The Morgan fingerprint density at radius 3 is 2.48 bits per heavy atom. The fourth-order valence-corrected chi connectivity index (χ4v) is 3.05. The molecule has 1 saturated carbocycles. The van der Waals surface area contributed by atoms with Crippen LogP contribution in [0.1, 0.15) is 32.8 Å². The lowest BCUT2D eigenvalue weighted by molar-refractivity contribution is -0.170. The third kappa shape index (κ3) is 3.38. The summed E-state index contributed by atoms with van der Waals surface area (Å²) in [6, 6.07) is 3.33. The molecule has 1 aromatic rings. The number of carbonyl (C=O) groups excluding carboxylic acids is 1. The molecule has 128 valence electrons. The number of hydrogen-bond acceptors (Lipinski definition) is 3. The maximum absolute atomic E-state index is 13.1. The van der Waals surface area contributed by atoms with Crippen LogP contribution in [0.2, 0.25) is 0 Å². The molecule has 0 heterocycles. The molecule has 0 saturated heterocycles. The Balaban J connectivity index is 1.90. The number of nitrogens with two attached hydrogens (primary N) is 1. The predicted octanol–water partition coefficient (Wildman–Crippen LogP) is 2.16. The van der Waals surface area contributed by atoms with Gasteiger partial charge in [0.15, 0.2) is 0 Å². The van der Waals surface area contributed by atoms with Gasteiger partial charge in [0.2, 0.25) is 5.91 Å². The zero-order valence-electron chi connectivity index (χ0n) is 13.8. The van der Waals surface area contributed by atoms with Crippen molar-refractivity contribution in [3.63, 3.8) is 0 Å². The quantitative estimate of drug-likeness (QED) is 0.842. The summed E-state index contributed by atoms with van der Waals surface area (Å²) in [5.41, 5.74) is 5.31. The first-order chi connectivity index (χ1) is 10.7. The lowest BCUT2D eigenvalue weighted by atomic mass is 9.54. The second-order valence-electron chi connectivity index (χ2n) is 6.62. The molecule has 1 aliphatic rings. The van der Waals surface area contributed by atoms with Crippen molar-refractivity contribution in [2.45, 2.75) is 45.3 Å². The molecule has 23 heavy (non-hydrogen) atoms. The van der Waals surface area contributed by atoms with Gasteiger partial charge in [-0.05, 0) is 31.0 Å². The van der Waals surface area contributed by atoms with Gasteiger partial charge in [0, 0.05) is 31.1 Å². The van der Waals surface area contributed by atoms with Crippen LogP contribution in [0, 0.1) is 17.0 Å². The normalized spacial score (nSPS) is 25.7. The van der Waals surface area contributed by atoms with E-state index < -0.39 is 22.6 Å². The monoisotopic (exact) mass is 326 g/mol. The van der Waals surface area contributed by atoms with Gasteiger partial charge in [-0.15, -0.1) is 0 Å². The van der Waals surface area contributed by atoms with Crippen LogP contribution in [-0.2, 0) is 16.0 Å². The molecule has 1 fully saturated rings. The summed E-state index contributed by atoms with van der Waals surface area (Å²) in [6.07, 6.45) is 0.764. The number of carbonyl (C=O) groups is 1. The second kappa shape index (κ2) is 6.53. The van der Waals surface area contributed by atoms with Crippen molar-refractivity contribution in [3.8, 4) is 0 Å². The fourth-order valence-electron chi connectivity index (χ4n) is 3.05. The van der Waals surface area contributed by atoms with Crippen molar-refractivity contribution in [2.75, 3.05) is 13.2 Å². The van der Waals surface area contributed by atoms with E-state index in [0.29, 0.717) is 25.0 Å². The third-order valence-electron chi connectivity index (χ3n) is 4.86. The van der Waals surface area contributed by atoms with Gasteiger partial charge in [-0.25, -0.2) is 8.78 Å². The lowest BCUT2D eigenvalue weighted by Gasteiger charge is -2.57. The van der Waals surface area contributed by atoms with E-state index in [2.05, 4.69) is 5.32 Å². The van der Waals surface area contributed by atoms with Gasteiger partial charge in [-0.1, -0.05) is 13.8 Å². The molecule has 0 bridgehead atoms. The van der Waals surface area contributed by atoms with Crippen LogP contribution < -0.4 is 11.1 Å². The first-order valence-corrected chi connectivity index (χ1v) is 7.84. The van der Waals surface area contributed by atoms with Crippen LogP contribution >= 0.6 is 0 Å². The SMILES string of the molecule is CCOC1CC(N)(C(=O)NCCc2cc(F)cc(F)c2)C1(C)C. The molecule has 1 amide bonds. The fraction of sp³-hybridized carbons (Fsp3) is 0.588. The number of rotatable bonds is 6. The molecule has 4 nitrogen and oxygen atoms in total. The average Bonchev–Trinajstić information content (AvgIpc) is 2.45. The number of halogens is 2. The summed E-state index contributed by atoms with van der Waals surface area (Å²) in [4.78, 5) is 12.4. The average molecular weight is 326 g/mol. The minimum Gasteiger partial charge on any atom is -0.378 e. The highest BCUT2D eigenvalue weighted by molar-refractivity contribution is 5.88. The van der Waals surface area contributed by atoms with Crippen LogP contribution in [0.4, 0.5) is 8.78 Å². The number of hydrogen-bond donors (Lipinski definition) is 2. The Morgan fingerprint density at radius 1 is 1.35 bits per heavy atom. The van der Waals surface area contributed by atoms with Crippen LogP contribution in [0.15, 0.2) is 18.2 Å². The Labute approximate surface area is 135 Å². The van der Waals surface area contributed by atoms with E-state index in [0.717, 1.165) is 6.07 Å². The molecular weight excluding hydrogens is 302 g/mol. The Kier molecular flexibility index (Phi) is 5.06. The van der Waals surface area contributed by atoms with Crippen molar-refractivity contribution in [1.29, 1.82) is 0 Å². The first-order valence-electron chi connectivity index (χ1n) is 7.84. The number of amides is 1. The van der Waals surface area contributed by atoms with Crippen molar-refractivity contribution in [1.82, 2.24) is 5.32 Å². The van der Waals surface area contributed by atoms with Gasteiger partial charge in [0.25, 0.3) is 0 Å². The van der Waals surface area contributed by atoms with E-state index in [1.807, 2.05) is 20.8 Å². The molecular formula is C17H24F2N2O2. The van der Waals surface area contributed by atoms with Crippen LogP contribution in [-0.4, -0.2) is 30.7 Å². The molecule has 0 aliphatic heterocycles. The molecule has 0 radical (unpaired) electrons. The molecule has 6 heteroatoms. The van der Waals surface area contributed by atoms with Gasteiger partial charge in [-0.3, -0.25) is 4.79 Å². The summed E-state index contributed by atoms with van der Waals surface area (Å²) in [5.74, 6) is -1.50. The molecule has 0 spiro atoms. The maximum atomic E-state index is 13.1. The van der Waals surface area contributed by atoms with E-state index in [1.165, 1.54) is 12.1 Å². The van der Waals surface area contributed by atoms with Crippen molar-refractivity contribution >= 4 is 5.91 Å². The largest absolute Gasteiger partial charge is 0.378 e. The maximum Gasteiger partial charge on any atom is 0.240 e. The molecule has 2 atom stereocenters. The summed E-state index contributed by atoms with van der Waals surface area (Å²) in [5, 5.41) is 2.77. The smallest absolute Gasteiger partial charge is 0.240 e. The topological polar surface area (TPSA) is 64.3 Å². The zero-order valence-corrected chi connectivity index (χ0v) is 13.8. The molecule has 2 unspecified atom stereocenters. The second-order valence-corrected chi connectivity index (χ2v) is 6.62. The van der Waals surface area contributed by atoms with Crippen LogP contribution in [0.25, 0.3) is 0 Å². The minimum absolute atomic E-state index is 0.0411. The van der Waals surface area contributed by atoms with E-state index in [9.17, 15) is 13.6 Å². The molecule has 1 aliphatic carbocycles. The highest BCUT2D eigenvalue weighted by Crippen LogP contribution is 2.49. The summed E-state index contributed by atoms with van der Waals surface area (Å²) < 4.78 is 31.8. The van der Waals surface area contributed by atoms with Crippen LogP contribution in [0.5, 0.6) is 0 Å². The van der Waals surface area contributed by atoms with E-state index in [-0.39, 0.29) is 18.6 Å². The van der Waals surface area contributed by atoms with Crippen molar-refractivity contribution in [2.24, 2.45) is 11.1 Å². The summed E-state index contributed by atoms with van der Waals surface area (Å²) in [7, 11) is 0. The Bertz CT molecular complexity index is 572. The van der Waals surface area contributed by atoms with Gasteiger partial charge in [0.1, 0.15) is 17.2 Å². The standard InChI is InChI=1S/C17H24F2N2O2/c1-4-23-14-10-17(20,16(14,2)3)15(22)21-6-5-11-7-12(18)9-13(19)8-11/h7-9,14H,4-6,10,20H2,1-3H3,(H,21,22). The summed E-state index contributed by atoms with van der Waals surface area (Å²) >= 11 is 0. The number of benzene rings is 1. The first kappa shape index (κ1) is 17.8. The van der Waals surface area contributed by atoms with E-state index >= 15 is 0 Å². The highest BCUT2D eigenvalue weighted by atomic mass is 19.1. The van der Waals surface area contributed by atoms with E-state index in [1.54, 1.807) is 0 Å². The molecule has 2 rings (SSSR count). The van der Waals surface area contributed by atoms with E-state index in [4.69, 9.17) is 10.5 Å². The zero-order chi connectivity index (χ0) is 17.3. The Hall–Kier alpha value is -1.53. The van der Waals surface area contributed by atoms with Crippen molar-refractivity contribution < 1.29 is 18.3 Å².